The Kier molecular flexibility index (Phi) is 3.52. The molecule has 0 amide bonds. The van der Waals surface area contributed by atoms with E-state index in [0.717, 1.165) is 10.6 Å². The number of benzene rings is 1. The molecular weight excluding hydrogens is 332 g/mol. The largest absolute Gasteiger partial charge is 0.297 e. The van der Waals surface area contributed by atoms with Crippen molar-refractivity contribution in [3.8, 4) is 16.4 Å². The van der Waals surface area contributed by atoms with Gasteiger partial charge in [-0.15, -0.1) is 21.5 Å². The van der Waals surface area contributed by atoms with Crippen LogP contribution in [-0.2, 0) is 9.05 Å². The second-order valence-corrected chi connectivity index (χ2v) is 7.50. The van der Waals surface area contributed by atoms with E-state index in [-0.39, 0.29) is 5.16 Å². The first kappa shape index (κ1) is 14.2. The van der Waals surface area contributed by atoms with Gasteiger partial charge in [0.25, 0.3) is 14.2 Å². The number of hydrogen-bond acceptors (Lipinski definition) is 6. The molecule has 0 N–H and O–H groups in total. The highest BCUT2D eigenvalue weighted by atomic mass is 35.7. The molecule has 0 aliphatic rings. The number of halogens is 1. The van der Waals surface area contributed by atoms with Gasteiger partial charge in [0, 0.05) is 16.4 Å². The molecule has 0 saturated carbocycles. The molecule has 2 aromatic heterocycles. The molecule has 3 rings (SSSR count). The van der Waals surface area contributed by atoms with E-state index in [1.54, 1.807) is 29.8 Å². The van der Waals surface area contributed by atoms with Crippen molar-refractivity contribution >= 4 is 31.1 Å². The summed E-state index contributed by atoms with van der Waals surface area (Å²) in [5, 5.41) is 7.41. The highest BCUT2D eigenvalue weighted by Crippen LogP contribution is 2.30. The predicted octanol–water partition coefficient (Wildman–Crippen LogP) is 2.63. The molecule has 108 valence electrons. The fourth-order valence-corrected chi connectivity index (χ4v) is 3.53. The third-order valence-electron chi connectivity index (χ3n) is 2.81. The van der Waals surface area contributed by atoms with E-state index < -0.39 is 9.05 Å². The third kappa shape index (κ3) is 2.57. The van der Waals surface area contributed by atoms with Gasteiger partial charge in [-0.3, -0.25) is 4.57 Å². The summed E-state index contributed by atoms with van der Waals surface area (Å²) in [7, 11) is 1.45. The number of aryl methyl sites for hydroxylation is 1. The van der Waals surface area contributed by atoms with E-state index in [2.05, 4.69) is 15.2 Å². The first-order valence-electron chi connectivity index (χ1n) is 5.84. The van der Waals surface area contributed by atoms with Crippen LogP contribution in [0.4, 0.5) is 0 Å². The highest BCUT2D eigenvalue weighted by molar-refractivity contribution is 8.13. The van der Waals surface area contributed by atoms with Crippen molar-refractivity contribution in [2.45, 2.75) is 12.1 Å². The summed E-state index contributed by atoms with van der Waals surface area (Å²) in [6.07, 6.45) is 0. The van der Waals surface area contributed by atoms with Crippen molar-refractivity contribution in [1.82, 2.24) is 19.7 Å². The van der Waals surface area contributed by atoms with Gasteiger partial charge in [0.1, 0.15) is 0 Å². The van der Waals surface area contributed by atoms with Crippen molar-refractivity contribution in [3.05, 3.63) is 41.5 Å². The number of para-hydroxylation sites is 1. The van der Waals surface area contributed by atoms with Crippen LogP contribution in [-0.4, -0.2) is 28.2 Å². The van der Waals surface area contributed by atoms with E-state index in [9.17, 15) is 8.42 Å². The summed E-state index contributed by atoms with van der Waals surface area (Å²) in [6.45, 7) is 1.82. The van der Waals surface area contributed by atoms with Gasteiger partial charge in [0.15, 0.2) is 5.82 Å². The molecule has 0 bridgehead atoms. The zero-order chi connectivity index (χ0) is 15.0. The minimum Gasteiger partial charge on any atom is -0.264 e. The van der Waals surface area contributed by atoms with Crippen LogP contribution in [0.2, 0.25) is 0 Å². The van der Waals surface area contributed by atoms with Crippen molar-refractivity contribution in [3.63, 3.8) is 0 Å². The van der Waals surface area contributed by atoms with Gasteiger partial charge >= 0.3 is 0 Å². The summed E-state index contributed by atoms with van der Waals surface area (Å²) in [5.41, 5.74) is 3.04. The van der Waals surface area contributed by atoms with Crippen LogP contribution in [0.1, 0.15) is 5.69 Å². The van der Waals surface area contributed by atoms with Crippen molar-refractivity contribution < 1.29 is 8.42 Å². The van der Waals surface area contributed by atoms with E-state index in [1.165, 1.54) is 15.9 Å². The highest BCUT2D eigenvalue weighted by Gasteiger charge is 2.25. The van der Waals surface area contributed by atoms with Gasteiger partial charge in [-0.2, -0.15) is 0 Å². The summed E-state index contributed by atoms with van der Waals surface area (Å²) in [6, 6.07) is 8.94. The van der Waals surface area contributed by atoms with Crippen LogP contribution < -0.4 is 0 Å². The topological polar surface area (TPSA) is 77.7 Å². The Morgan fingerprint density at radius 2 is 1.90 bits per heavy atom. The van der Waals surface area contributed by atoms with Crippen LogP contribution in [0.3, 0.4) is 0 Å². The van der Waals surface area contributed by atoms with Gasteiger partial charge in [0.05, 0.1) is 16.1 Å². The quantitative estimate of drug-likeness (QED) is 0.685. The molecular formula is C12H9ClN4O2S2. The number of thiazole rings is 1. The lowest BCUT2D eigenvalue weighted by Crippen LogP contribution is -2.05. The van der Waals surface area contributed by atoms with E-state index >= 15 is 0 Å². The van der Waals surface area contributed by atoms with Gasteiger partial charge in [-0.1, -0.05) is 18.2 Å². The molecule has 0 aliphatic heterocycles. The van der Waals surface area contributed by atoms with Crippen LogP contribution in [0, 0.1) is 6.92 Å². The van der Waals surface area contributed by atoms with Crippen LogP contribution in [0.25, 0.3) is 16.4 Å². The number of hydrogen-bond donors (Lipinski definition) is 0. The van der Waals surface area contributed by atoms with Crippen LogP contribution in [0.15, 0.2) is 41.0 Å². The molecule has 3 aromatic rings. The maximum Gasteiger partial charge on any atom is 0.297 e. The molecule has 0 atom stereocenters. The zero-order valence-electron chi connectivity index (χ0n) is 10.8. The lowest BCUT2D eigenvalue weighted by atomic mass is 10.3. The molecule has 2 heterocycles. The molecule has 6 nitrogen and oxygen atoms in total. The summed E-state index contributed by atoms with van der Waals surface area (Å²) < 4.78 is 24.9. The Morgan fingerprint density at radius 1 is 1.19 bits per heavy atom. The number of rotatable bonds is 3. The summed E-state index contributed by atoms with van der Waals surface area (Å²) in [5.74, 6) is 0.403. The molecule has 1 aromatic carbocycles. The fourth-order valence-electron chi connectivity index (χ4n) is 1.90. The minimum absolute atomic E-state index is 0.307. The molecule has 0 radical (unpaired) electrons. The maximum absolute atomic E-state index is 11.7. The van der Waals surface area contributed by atoms with Crippen molar-refractivity contribution in [1.29, 1.82) is 0 Å². The average Bonchev–Trinajstić information content (AvgIpc) is 3.04. The normalized spacial score (nSPS) is 11.7. The second kappa shape index (κ2) is 5.21. The lowest BCUT2D eigenvalue weighted by molar-refractivity contribution is 0.597. The Hall–Kier alpha value is -1.77. The Labute approximate surface area is 129 Å². The SMILES string of the molecule is Cc1ncsc1-c1nnc(S(=O)(=O)Cl)n1-c1ccccc1. The van der Waals surface area contributed by atoms with Gasteiger partial charge in [-0.05, 0) is 19.1 Å². The van der Waals surface area contributed by atoms with E-state index in [4.69, 9.17) is 10.7 Å². The van der Waals surface area contributed by atoms with Gasteiger partial charge in [0.2, 0.25) is 0 Å². The smallest absolute Gasteiger partial charge is 0.264 e. The van der Waals surface area contributed by atoms with Gasteiger partial charge < -0.3 is 0 Å². The summed E-state index contributed by atoms with van der Waals surface area (Å²) in [4.78, 5) is 4.90. The number of aromatic nitrogens is 4. The molecule has 0 saturated heterocycles. The predicted molar refractivity (Wildman–Crippen MR) is 80.2 cm³/mol. The van der Waals surface area contributed by atoms with E-state index in [1.807, 2.05) is 13.0 Å². The lowest BCUT2D eigenvalue weighted by Gasteiger charge is -2.07. The molecule has 0 spiro atoms. The van der Waals surface area contributed by atoms with Crippen LogP contribution >= 0.6 is 22.0 Å². The Balaban J connectivity index is 2.33. The standard InChI is InChI=1S/C12H9ClN4O2S2/c1-8-10(20-7-14-8)11-15-16-12(21(13,18)19)17(11)9-5-3-2-4-6-9/h2-7H,1H3. The molecule has 0 unspecified atom stereocenters. The molecule has 0 aliphatic carbocycles. The molecule has 0 fully saturated rings. The third-order valence-corrected chi connectivity index (χ3v) is 4.85. The van der Waals surface area contributed by atoms with Gasteiger partial charge in [-0.25, -0.2) is 13.4 Å². The number of nitrogens with zero attached hydrogens (tertiary/aromatic N) is 4. The zero-order valence-corrected chi connectivity index (χ0v) is 13.2. The first-order chi connectivity index (χ1) is 9.98. The molecule has 9 heteroatoms. The molecule has 21 heavy (non-hydrogen) atoms. The van der Waals surface area contributed by atoms with E-state index in [0.29, 0.717) is 11.5 Å². The monoisotopic (exact) mass is 340 g/mol. The Bertz CT molecular complexity index is 887. The fraction of sp³-hybridized carbons (Fsp3) is 0.0833. The van der Waals surface area contributed by atoms with Crippen molar-refractivity contribution in [2.24, 2.45) is 0 Å². The maximum atomic E-state index is 11.7. The summed E-state index contributed by atoms with van der Waals surface area (Å²) >= 11 is 1.36. The van der Waals surface area contributed by atoms with Crippen LogP contribution in [0.5, 0.6) is 0 Å². The minimum atomic E-state index is -4.02. The Morgan fingerprint density at radius 3 is 2.48 bits per heavy atom. The second-order valence-electron chi connectivity index (χ2n) is 4.18. The average molecular weight is 341 g/mol. The van der Waals surface area contributed by atoms with Crippen molar-refractivity contribution in [2.75, 3.05) is 0 Å². The first-order valence-corrected chi connectivity index (χ1v) is 9.03.